The smallest absolute Gasteiger partial charge is 0.269 e. The van der Waals surface area contributed by atoms with Gasteiger partial charge in [-0.3, -0.25) is 10.1 Å². The fraction of sp³-hybridized carbons (Fsp3) is 0.273. The van der Waals surface area contributed by atoms with Crippen LogP contribution in [0.15, 0.2) is 23.4 Å². The quantitative estimate of drug-likeness (QED) is 0.505. The lowest BCUT2D eigenvalue weighted by Gasteiger charge is -2.12. The predicted molar refractivity (Wildman–Crippen MR) is 72.9 cm³/mol. The van der Waals surface area contributed by atoms with Gasteiger partial charge >= 0.3 is 0 Å². The molecule has 0 spiro atoms. The van der Waals surface area contributed by atoms with Gasteiger partial charge in [-0.1, -0.05) is 17.8 Å². The van der Waals surface area contributed by atoms with Crippen LogP contribution in [0.4, 0.5) is 11.6 Å². The van der Waals surface area contributed by atoms with Gasteiger partial charge in [0.2, 0.25) is 11.1 Å². The minimum Gasteiger partial charge on any atom is -0.368 e. The molecule has 7 nitrogen and oxygen atoms in total. The molecule has 1 unspecified atom stereocenters. The SMILES string of the molecule is Cc1ccc([N+](=O)[O-])cc1C(C)Sc1n[nH]c(N)n1. The van der Waals surface area contributed by atoms with E-state index in [1.807, 2.05) is 13.8 Å². The lowest BCUT2D eigenvalue weighted by molar-refractivity contribution is -0.384. The first-order valence-electron chi connectivity index (χ1n) is 5.57. The lowest BCUT2D eigenvalue weighted by Crippen LogP contribution is -1.96. The molecule has 0 saturated heterocycles. The van der Waals surface area contributed by atoms with Gasteiger partial charge in [0, 0.05) is 17.4 Å². The predicted octanol–water partition coefficient (Wildman–Crippen LogP) is 2.46. The van der Waals surface area contributed by atoms with E-state index in [0.717, 1.165) is 11.1 Å². The molecule has 2 rings (SSSR count). The summed E-state index contributed by atoms with van der Waals surface area (Å²) in [5.41, 5.74) is 7.43. The van der Waals surface area contributed by atoms with E-state index in [2.05, 4.69) is 15.2 Å². The first-order valence-corrected chi connectivity index (χ1v) is 6.45. The van der Waals surface area contributed by atoms with Crippen molar-refractivity contribution in [2.45, 2.75) is 24.3 Å². The number of H-pyrrole nitrogens is 1. The maximum atomic E-state index is 10.8. The molecule has 0 aliphatic carbocycles. The van der Waals surface area contributed by atoms with Gasteiger partial charge in [-0.2, -0.15) is 4.98 Å². The number of nitrogen functional groups attached to an aromatic ring is 1. The number of nitro groups is 1. The number of aromatic amines is 1. The van der Waals surface area contributed by atoms with Crippen LogP contribution in [0.3, 0.4) is 0 Å². The van der Waals surface area contributed by atoms with Crippen molar-refractivity contribution >= 4 is 23.4 Å². The summed E-state index contributed by atoms with van der Waals surface area (Å²) in [5.74, 6) is 0.255. The molecule has 1 aromatic carbocycles. The third-order valence-corrected chi connectivity index (χ3v) is 3.68. The number of thioether (sulfide) groups is 1. The first-order chi connectivity index (χ1) is 8.97. The van der Waals surface area contributed by atoms with E-state index in [9.17, 15) is 10.1 Å². The Kier molecular flexibility index (Phi) is 3.70. The van der Waals surface area contributed by atoms with E-state index >= 15 is 0 Å². The van der Waals surface area contributed by atoms with Crippen LogP contribution in [0, 0.1) is 17.0 Å². The molecular formula is C11H13N5O2S. The molecule has 19 heavy (non-hydrogen) atoms. The number of non-ortho nitro benzene ring substituents is 1. The molecule has 2 aromatic rings. The zero-order chi connectivity index (χ0) is 14.0. The van der Waals surface area contributed by atoms with Crippen LogP contribution in [-0.4, -0.2) is 20.1 Å². The van der Waals surface area contributed by atoms with E-state index in [-0.39, 0.29) is 16.9 Å². The van der Waals surface area contributed by atoms with E-state index in [1.165, 1.54) is 17.8 Å². The minimum absolute atomic E-state index is 0.00454. The molecule has 1 aromatic heterocycles. The second-order valence-electron chi connectivity index (χ2n) is 4.06. The van der Waals surface area contributed by atoms with Gasteiger partial charge in [0.05, 0.1) is 4.92 Å². The molecule has 1 heterocycles. The normalized spacial score (nSPS) is 12.3. The van der Waals surface area contributed by atoms with Crippen molar-refractivity contribution in [2.24, 2.45) is 0 Å². The zero-order valence-electron chi connectivity index (χ0n) is 10.5. The van der Waals surface area contributed by atoms with E-state index < -0.39 is 4.92 Å². The number of nitrogens with two attached hydrogens (primary N) is 1. The molecule has 0 radical (unpaired) electrons. The third kappa shape index (κ3) is 3.02. The van der Waals surface area contributed by atoms with Crippen molar-refractivity contribution in [2.75, 3.05) is 5.73 Å². The Hall–Kier alpha value is -2.09. The number of hydrogen-bond acceptors (Lipinski definition) is 6. The Bertz CT molecular complexity index is 613. The Morgan fingerprint density at radius 2 is 2.26 bits per heavy atom. The second kappa shape index (κ2) is 5.27. The molecular weight excluding hydrogens is 266 g/mol. The van der Waals surface area contributed by atoms with E-state index in [0.29, 0.717) is 5.16 Å². The number of rotatable bonds is 4. The Morgan fingerprint density at radius 1 is 1.53 bits per heavy atom. The van der Waals surface area contributed by atoms with Crippen molar-refractivity contribution in [1.82, 2.24) is 15.2 Å². The van der Waals surface area contributed by atoms with Gasteiger partial charge in [-0.05, 0) is 25.0 Å². The summed E-state index contributed by atoms with van der Waals surface area (Å²) >= 11 is 1.40. The van der Waals surface area contributed by atoms with Gasteiger partial charge in [-0.25, -0.2) is 5.10 Å². The highest BCUT2D eigenvalue weighted by atomic mass is 32.2. The number of anilines is 1. The molecule has 8 heteroatoms. The average molecular weight is 279 g/mol. The molecule has 0 fully saturated rings. The Labute approximate surface area is 113 Å². The summed E-state index contributed by atoms with van der Waals surface area (Å²) < 4.78 is 0. The van der Waals surface area contributed by atoms with Crippen LogP contribution < -0.4 is 5.73 Å². The fourth-order valence-electron chi connectivity index (χ4n) is 1.71. The topological polar surface area (TPSA) is 111 Å². The van der Waals surface area contributed by atoms with Crippen LogP contribution in [0.5, 0.6) is 0 Å². The van der Waals surface area contributed by atoms with E-state index in [1.54, 1.807) is 12.1 Å². The number of nitro benzene ring substituents is 1. The van der Waals surface area contributed by atoms with Crippen molar-refractivity contribution < 1.29 is 4.92 Å². The van der Waals surface area contributed by atoms with Crippen molar-refractivity contribution in [3.63, 3.8) is 0 Å². The number of aromatic nitrogens is 3. The number of nitrogens with one attached hydrogen (secondary N) is 1. The largest absolute Gasteiger partial charge is 0.368 e. The van der Waals surface area contributed by atoms with Crippen molar-refractivity contribution in [1.29, 1.82) is 0 Å². The van der Waals surface area contributed by atoms with Crippen molar-refractivity contribution in [3.05, 3.63) is 39.4 Å². The molecule has 1 atom stereocenters. The maximum absolute atomic E-state index is 10.8. The number of nitrogens with zero attached hydrogens (tertiary/aromatic N) is 3. The van der Waals surface area contributed by atoms with E-state index in [4.69, 9.17) is 5.73 Å². The van der Waals surface area contributed by atoms with Crippen LogP contribution in [0.2, 0.25) is 0 Å². The summed E-state index contributed by atoms with van der Waals surface area (Å²) in [6, 6.07) is 4.83. The Balaban J connectivity index is 2.25. The number of hydrogen-bond donors (Lipinski definition) is 2. The monoisotopic (exact) mass is 279 g/mol. The standard InChI is InChI=1S/C11H13N5O2S/c1-6-3-4-8(16(17)18)5-9(6)7(2)19-11-13-10(12)14-15-11/h3-5,7H,1-2H3,(H3,12,13,14,15). The molecule has 0 saturated carbocycles. The minimum atomic E-state index is -0.398. The van der Waals surface area contributed by atoms with Crippen LogP contribution in [0.1, 0.15) is 23.3 Å². The summed E-state index contributed by atoms with van der Waals surface area (Å²) in [7, 11) is 0. The van der Waals surface area contributed by atoms with Gasteiger partial charge in [0.1, 0.15) is 0 Å². The summed E-state index contributed by atoms with van der Waals surface area (Å²) in [4.78, 5) is 14.4. The second-order valence-corrected chi connectivity index (χ2v) is 5.37. The molecule has 3 N–H and O–H groups in total. The van der Waals surface area contributed by atoms with Gasteiger partial charge in [-0.15, -0.1) is 5.10 Å². The zero-order valence-corrected chi connectivity index (χ0v) is 11.3. The van der Waals surface area contributed by atoms with Crippen LogP contribution in [0.25, 0.3) is 0 Å². The van der Waals surface area contributed by atoms with Gasteiger partial charge in [0.15, 0.2) is 0 Å². The third-order valence-electron chi connectivity index (χ3n) is 2.68. The molecule has 0 aliphatic rings. The van der Waals surface area contributed by atoms with Gasteiger partial charge in [0.25, 0.3) is 5.69 Å². The average Bonchev–Trinajstić information content (AvgIpc) is 2.74. The van der Waals surface area contributed by atoms with Crippen LogP contribution >= 0.6 is 11.8 Å². The van der Waals surface area contributed by atoms with Crippen molar-refractivity contribution in [3.8, 4) is 0 Å². The molecule has 0 bridgehead atoms. The molecule has 0 amide bonds. The highest BCUT2D eigenvalue weighted by molar-refractivity contribution is 7.99. The molecule has 0 aliphatic heterocycles. The summed E-state index contributed by atoms with van der Waals surface area (Å²) in [5, 5.41) is 17.8. The lowest BCUT2D eigenvalue weighted by atomic mass is 10.1. The highest BCUT2D eigenvalue weighted by Crippen LogP contribution is 2.35. The fourth-order valence-corrected chi connectivity index (χ4v) is 2.66. The summed E-state index contributed by atoms with van der Waals surface area (Å²) in [6.07, 6.45) is 0. The maximum Gasteiger partial charge on any atom is 0.269 e. The first kappa shape index (κ1) is 13.3. The summed E-state index contributed by atoms with van der Waals surface area (Å²) in [6.45, 7) is 3.87. The van der Waals surface area contributed by atoms with Gasteiger partial charge < -0.3 is 5.73 Å². The number of benzene rings is 1. The Morgan fingerprint density at radius 3 is 2.84 bits per heavy atom. The molecule has 100 valence electrons. The number of aryl methyl sites for hydroxylation is 1. The van der Waals surface area contributed by atoms with Crippen LogP contribution in [-0.2, 0) is 0 Å². The highest BCUT2D eigenvalue weighted by Gasteiger charge is 2.16.